The molecule has 0 fully saturated rings. The number of carbonyl (C=O) groups excluding carboxylic acids is 2. The average Bonchev–Trinajstić information content (AvgIpc) is 3.44. The molecule has 0 radical (unpaired) electrons. The first kappa shape index (κ1) is 76.5. The number of nitrogens with two attached hydrogens (primary N) is 1. The van der Waals surface area contributed by atoms with Crippen LogP contribution in [-0.2, 0) is 32.7 Å². The first-order valence-corrected chi connectivity index (χ1v) is 34.9. The highest BCUT2D eigenvalue weighted by atomic mass is 31.2. The summed E-state index contributed by atoms with van der Waals surface area (Å²) in [5.74, 6) is -0.818. The van der Waals surface area contributed by atoms with Gasteiger partial charge in [0.1, 0.15) is 6.61 Å². The lowest BCUT2D eigenvalue weighted by molar-refractivity contribution is -0.161. The summed E-state index contributed by atoms with van der Waals surface area (Å²) in [6, 6.07) is 0. The number of phosphoric acid groups is 1. The standard InChI is InChI=1S/C69H126NO8P/c1-3-5-7-9-11-13-15-17-19-21-23-25-27-29-30-31-32-33-34-35-36-38-39-41-43-45-47-49-51-53-55-57-59-61-68(71)75-65-67(66-77-79(73,74)76-64-63-70)78-69(72)62-60-58-56-54-52-50-48-46-44-42-40-37-28-26-24-22-20-18-16-14-12-10-8-6-4-2/h6,8,12,14-15,17-18,20-21,23-24,26,67H,3-5,7,9-11,13,16,19,22,25,27-66,70H2,1-2H3,(H,73,74)/b8-6-,14-12-,17-15-,20-18-,23-21-,26-24-. The molecule has 10 heteroatoms. The van der Waals surface area contributed by atoms with Crippen molar-refractivity contribution in [3.05, 3.63) is 72.9 Å². The van der Waals surface area contributed by atoms with Gasteiger partial charge in [-0.25, -0.2) is 4.57 Å². The van der Waals surface area contributed by atoms with Gasteiger partial charge in [-0.15, -0.1) is 0 Å². The van der Waals surface area contributed by atoms with Crippen LogP contribution in [0.3, 0.4) is 0 Å². The number of phosphoric ester groups is 1. The van der Waals surface area contributed by atoms with Crippen LogP contribution in [0.4, 0.5) is 0 Å². The van der Waals surface area contributed by atoms with E-state index < -0.39 is 26.5 Å². The van der Waals surface area contributed by atoms with Crippen molar-refractivity contribution in [2.45, 2.75) is 328 Å². The van der Waals surface area contributed by atoms with E-state index in [9.17, 15) is 19.0 Å². The molecule has 460 valence electrons. The average molecular weight is 1130 g/mol. The first-order valence-electron chi connectivity index (χ1n) is 33.4. The summed E-state index contributed by atoms with van der Waals surface area (Å²) in [4.78, 5) is 35.3. The van der Waals surface area contributed by atoms with Gasteiger partial charge in [-0.05, 0) is 83.5 Å². The Morgan fingerprint density at radius 2 is 0.696 bits per heavy atom. The number of allylic oxidation sites excluding steroid dienone is 12. The maximum absolute atomic E-state index is 12.7. The van der Waals surface area contributed by atoms with Crippen LogP contribution < -0.4 is 5.73 Å². The minimum absolute atomic E-state index is 0.0523. The lowest BCUT2D eigenvalue weighted by atomic mass is 10.0. The van der Waals surface area contributed by atoms with E-state index in [2.05, 4.69) is 86.8 Å². The molecule has 0 spiro atoms. The van der Waals surface area contributed by atoms with Crippen LogP contribution in [0.2, 0.25) is 0 Å². The molecule has 0 saturated heterocycles. The lowest BCUT2D eigenvalue weighted by Gasteiger charge is -2.19. The topological polar surface area (TPSA) is 134 Å². The summed E-state index contributed by atoms with van der Waals surface area (Å²) in [6.07, 6.45) is 84.2. The Hall–Kier alpha value is -2.55. The Bertz CT molecular complexity index is 1520. The molecular formula is C69H126NO8P. The maximum atomic E-state index is 12.7. The number of ether oxygens (including phenoxy) is 2. The second kappa shape index (κ2) is 64.6. The fraction of sp³-hybridized carbons (Fsp3) is 0.797. The second-order valence-electron chi connectivity index (χ2n) is 22.3. The minimum atomic E-state index is -4.39. The Morgan fingerprint density at radius 3 is 1.04 bits per heavy atom. The van der Waals surface area contributed by atoms with Gasteiger partial charge >= 0.3 is 19.8 Å². The van der Waals surface area contributed by atoms with Crippen molar-refractivity contribution in [1.29, 1.82) is 0 Å². The van der Waals surface area contributed by atoms with Gasteiger partial charge < -0.3 is 20.1 Å². The molecule has 0 bridgehead atoms. The van der Waals surface area contributed by atoms with Crippen molar-refractivity contribution in [3.8, 4) is 0 Å². The molecule has 9 nitrogen and oxygen atoms in total. The first-order chi connectivity index (χ1) is 38.8. The molecule has 79 heavy (non-hydrogen) atoms. The second-order valence-corrected chi connectivity index (χ2v) is 23.8. The summed E-state index contributed by atoms with van der Waals surface area (Å²) < 4.78 is 33.1. The summed E-state index contributed by atoms with van der Waals surface area (Å²) in [5, 5.41) is 0. The van der Waals surface area contributed by atoms with Gasteiger partial charge in [-0.1, -0.05) is 299 Å². The van der Waals surface area contributed by atoms with E-state index in [4.69, 9.17) is 24.3 Å². The minimum Gasteiger partial charge on any atom is -0.462 e. The molecule has 0 heterocycles. The van der Waals surface area contributed by atoms with Crippen LogP contribution in [0.25, 0.3) is 0 Å². The third-order valence-electron chi connectivity index (χ3n) is 14.6. The van der Waals surface area contributed by atoms with Gasteiger partial charge in [0.2, 0.25) is 0 Å². The van der Waals surface area contributed by atoms with Crippen LogP contribution in [0.1, 0.15) is 322 Å². The van der Waals surface area contributed by atoms with E-state index >= 15 is 0 Å². The number of carbonyl (C=O) groups is 2. The highest BCUT2D eigenvalue weighted by Crippen LogP contribution is 2.43. The van der Waals surface area contributed by atoms with Crippen molar-refractivity contribution >= 4 is 19.8 Å². The van der Waals surface area contributed by atoms with Crippen LogP contribution in [0, 0.1) is 0 Å². The van der Waals surface area contributed by atoms with Crippen LogP contribution in [0.15, 0.2) is 72.9 Å². The molecule has 0 aliphatic heterocycles. The molecule has 0 aromatic rings. The maximum Gasteiger partial charge on any atom is 0.472 e. The van der Waals surface area contributed by atoms with E-state index in [1.54, 1.807) is 0 Å². The van der Waals surface area contributed by atoms with E-state index in [0.29, 0.717) is 6.42 Å². The van der Waals surface area contributed by atoms with Crippen LogP contribution >= 0.6 is 7.82 Å². The van der Waals surface area contributed by atoms with Gasteiger partial charge in [-0.2, -0.15) is 0 Å². The van der Waals surface area contributed by atoms with Crippen molar-refractivity contribution in [2.24, 2.45) is 5.73 Å². The fourth-order valence-electron chi connectivity index (χ4n) is 9.66. The summed E-state index contributed by atoms with van der Waals surface area (Å²) in [5.41, 5.74) is 5.40. The summed E-state index contributed by atoms with van der Waals surface area (Å²) >= 11 is 0. The number of esters is 2. The zero-order valence-corrected chi connectivity index (χ0v) is 52.5. The van der Waals surface area contributed by atoms with Crippen LogP contribution in [0.5, 0.6) is 0 Å². The van der Waals surface area contributed by atoms with Gasteiger partial charge in [-0.3, -0.25) is 18.6 Å². The quantitative estimate of drug-likeness (QED) is 0.0264. The Morgan fingerprint density at radius 1 is 0.392 bits per heavy atom. The Labute approximate surface area is 488 Å². The molecule has 0 aliphatic carbocycles. The molecule has 0 aromatic carbocycles. The van der Waals surface area contributed by atoms with Crippen molar-refractivity contribution < 1.29 is 37.6 Å². The summed E-state index contributed by atoms with van der Waals surface area (Å²) in [7, 11) is -4.39. The van der Waals surface area contributed by atoms with Gasteiger partial charge in [0.25, 0.3) is 0 Å². The predicted octanol–water partition coefficient (Wildman–Crippen LogP) is 21.6. The molecule has 0 amide bonds. The SMILES string of the molecule is CC/C=C\C/C=C\C/C=C\C/C=C\CCCCCCCCCCCCCCC(=O)OC(COC(=O)CCCCCCCCCCCCCCCCCCCCCCC/C=C\C/C=C\CCCCCCC)COP(=O)(O)OCCN. The zero-order valence-electron chi connectivity index (χ0n) is 51.6. The van der Waals surface area contributed by atoms with E-state index in [0.717, 1.165) is 70.6 Å². The largest absolute Gasteiger partial charge is 0.472 e. The van der Waals surface area contributed by atoms with Gasteiger partial charge in [0, 0.05) is 19.4 Å². The molecule has 2 unspecified atom stereocenters. The van der Waals surface area contributed by atoms with E-state index in [-0.39, 0.29) is 38.6 Å². The van der Waals surface area contributed by atoms with Crippen molar-refractivity contribution in [3.63, 3.8) is 0 Å². The molecule has 0 aromatic heterocycles. The molecule has 0 aliphatic rings. The summed E-state index contributed by atoms with van der Waals surface area (Å²) in [6.45, 7) is 3.66. The zero-order chi connectivity index (χ0) is 57.3. The third-order valence-corrected chi connectivity index (χ3v) is 15.6. The molecular weight excluding hydrogens is 1000 g/mol. The number of rotatable bonds is 63. The molecule has 0 rings (SSSR count). The van der Waals surface area contributed by atoms with E-state index in [1.165, 1.54) is 218 Å². The number of unbranched alkanes of at least 4 members (excludes halogenated alkanes) is 38. The number of hydrogen-bond donors (Lipinski definition) is 2. The fourth-order valence-corrected chi connectivity index (χ4v) is 10.4. The smallest absolute Gasteiger partial charge is 0.462 e. The lowest BCUT2D eigenvalue weighted by Crippen LogP contribution is -2.29. The monoisotopic (exact) mass is 1130 g/mol. The van der Waals surface area contributed by atoms with Crippen molar-refractivity contribution in [1.82, 2.24) is 0 Å². The Kier molecular flexibility index (Phi) is 62.5. The predicted molar refractivity (Wildman–Crippen MR) is 339 cm³/mol. The van der Waals surface area contributed by atoms with E-state index in [1.807, 2.05) is 0 Å². The van der Waals surface area contributed by atoms with Crippen molar-refractivity contribution in [2.75, 3.05) is 26.4 Å². The van der Waals surface area contributed by atoms with Gasteiger partial charge in [0.05, 0.1) is 13.2 Å². The highest BCUT2D eigenvalue weighted by molar-refractivity contribution is 7.47. The molecule has 2 atom stereocenters. The molecule has 3 N–H and O–H groups in total. The van der Waals surface area contributed by atoms with Crippen LogP contribution in [-0.4, -0.2) is 49.3 Å². The number of hydrogen-bond acceptors (Lipinski definition) is 8. The molecule has 0 saturated carbocycles. The highest BCUT2D eigenvalue weighted by Gasteiger charge is 2.26. The Balaban J connectivity index is 3.85. The normalized spacial score (nSPS) is 13.4. The third kappa shape index (κ3) is 64.5. The van der Waals surface area contributed by atoms with Gasteiger partial charge in [0.15, 0.2) is 6.10 Å².